The van der Waals surface area contributed by atoms with Crippen molar-refractivity contribution in [3.8, 4) is 5.75 Å². The van der Waals surface area contributed by atoms with Crippen molar-refractivity contribution in [2.24, 2.45) is 23.7 Å². The number of hydrogen-bond acceptors (Lipinski definition) is 2. The van der Waals surface area contributed by atoms with Crippen LogP contribution in [0.15, 0.2) is 18.3 Å². The first-order valence-corrected chi connectivity index (χ1v) is 14.3. The molecule has 0 bridgehead atoms. The molecule has 0 amide bonds. The summed E-state index contributed by atoms with van der Waals surface area (Å²) >= 11 is 0. The van der Waals surface area contributed by atoms with Crippen LogP contribution in [0.1, 0.15) is 129 Å². The highest BCUT2D eigenvalue weighted by Crippen LogP contribution is 2.38. The summed E-state index contributed by atoms with van der Waals surface area (Å²) in [5.74, 6) is 4.99. The summed E-state index contributed by atoms with van der Waals surface area (Å²) in [4.78, 5) is 4.65. The third-order valence-electron chi connectivity index (χ3n) is 8.50. The van der Waals surface area contributed by atoms with Gasteiger partial charge in [-0.25, -0.2) is 0 Å². The first-order chi connectivity index (χ1) is 15.8. The van der Waals surface area contributed by atoms with Crippen molar-refractivity contribution in [1.82, 2.24) is 4.98 Å². The highest BCUT2D eigenvalue weighted by Gasteiger charge is 2.24. The van der Waals surface area contributed by atoms with E-state index in [1.165, 1.54) is 108 Å². The molecular formula is C30H51NO. The Kier molecular flexibility index (Phi) is 12.0. The van der Waals surface area contributed by atoms with Gasteiger partial charge in [0, 0.05) is 5.69 Å². The maximum Gasteiger partial charge on any atom is 0.137 e. The number of rotatable bonds is 14. The van der Waals surface area contributed by atoms with Crippen LogP contribution in [0, 0.1) is 23.7 Å². The van der Waals surface area contributed by atoms with Crippen LogP contribution in [0.25, 0.3) is 0 Å². The zero-order chi connectivity index (χ0) is 22.4. The third kappa shape index (κ3) is 9.44. The van der Waals surface area contributed by atoms with Crippen LogP contribution in [0.4, 0.5) is 0 Å². The molecule has 182 valence electrons. The number of aromatic nitrogens is 1. The van der Waals surface area contributed by atoms with Gasteiger partial charge in [-0.2, -0.15) is 0 Å². The third-order valence-corrected chi connectivity index (χ3v) is 8.50. The molecule has 0 unspecified atom stereocenters. The van der Waals surface area contributed by atoms with E-state index in [-0.39, 0.29) is 0 Å². The first-order valence-electron chi connectivity index (χ1n) is 14.3. The van der Waals surface area contributed by atoms with Gasteiger partial charge in [0.25, 0.3) is 0 Å². The zero-order valence-corrected chi connectivity index (χ0v) is 21.3. The van der Waals surface area contributed by atoms with E-state index >= 15 is 0 Å². The van der Waals surface area contributed by atoms with Crippen molar-refractivity contribution in [2.45, 2.75) is 129 Å². The lowest BCUT2D eigenvalue weighted by atomic mass is 9.74. The molecule has 2 fully saturated rings. The molecule has 0 aliphatic heterocycles. The SMILES string of the molecule is CCCCCOc1ccc(CCC2CCC(CCC3CCC(CCCC)CC3)CC2)nc1. The highest BCUT2D eigenvalue weighted by atomic mass is 16.5. The van der Waals surface area contributed by atoms with Crippen molar-refractivity contribution >= 4 is 0 Å². The molecule has 0 radical (unpaired) electrons. The quantitative estimate of drug-likeness (QED) is 0.268. The van der Waals surface area contributed by atoms with Crippen LogP contribution < -0.4 is 4.74 Å². The van der Waals surface area contributed by atoms with Gasteiger partial charge in [-0.3, -0.25) is 4.98 Å². The highest BCUT2D eigenvalue weighted by molar-refractivity contribution is 5.19. The summed E-state index contributed by atoms with van der Waals surface area (Å²) in [6, 6.07) is 4.29. The lowest BCUT2D eigenvalue weighted by Crippen LogP contribution is -2.18. The molecular weight excluding hydrogens is 390 g/mol. The molecule has 3 rings (SSSR count). The summed E-state index contributed by atoms with van der Waals surface area (Å²) in [6.07, 6.45) is 27.3. The molecule has 0 spiro atoms. The summed E-state index contributed by atoms with van der Waals surface area (Å²) in [5.41, 5.74) is 1.24. The van der Waals surface area contributed by atoms with Crippen molar-refractivity contribution in [3.63, 3.8) is 0 Å². The standard InChI is InChI=1S/C30H51NO/c1-3-5-7-23-32-30-22-21-29(31-24-30)20-19-28-17-15-27(16-18-28)14-13-26-11-9-25(10-12-26)8-6-4-2/h21-22,24-28H,3-20,23H2,1-2H3. The van der Waals surface area contributed by atoms with Gasteiger partial charge in [-0.15, -0.1) is 0 Å². The maximum absolute atomic E-state index is 5.79. The number of aryl methyl sites for hydroxylation is 1. The lowest BCUT2D eigenvalue weighted by molar-refractivity contribution is 0.208. The minimum absolute atomic E-state index is 0.818. The van der Waals surface area contributed by atoms with E-state index in [0.29, 0.717) is 0 Å². The topological polar surface area (TPSA) is 22.1 Å². The number of unbranched alkanes of at least 4 members (excludes halogenated alkanes) is 3. The van der Waals surface area contributed by atoms with Crippen LogP contribution in [0.2, 0.25) is 0 Å². The second-order valence-corrected chi connectivity index (χ2v) is 11.1. The van der Waals surface area contributed by atoms with E-state index in [4.69, 9.17) is 4.74 Å². The maximum atomic E-state index is 5.79. The second-order valence-electron chi connectivity index (χ2n) is 11.1. The Morgan fingerprint density at radius 1 is 0.688 bits per heavy atom. The van der Waals surface area contributed by atoms with Crippen LogP contribution in [0.5, 0.6) is 5.75 Å². The van der Waals surface area contributed by atoms with E-state index in [9.17, 15) is 0 Å². The Hall–Kier alpha value is -1.05. The summed E-state index contributed by atoms with van der Waals surface area (Å²) < 4.78 is 5.79. The Bertz CT molecular complexity index is 581. The number of nitrogens with zero attached hydrogens (tertiary/aromatic N) is 1. The van der Waals surface area contributed by atoms with Gasteiger partial charge in [0.05, 0.1) is 12.8 Å². The van der Waals surface area contributed by atoms with Gasteiger partial charge in [-0.05, 0) is 55.1 Å². The fraction of sp³-hybridized carbons (Fsp3) is 0.833. The van der Waals surface area contributed by atoms with Gasteiger partial charge in [0.1, 0.15) is 5.75 Å². The predicted octanol–water partition coefficient (Wildman–Crippen LogP) is 9.17. The normalized spacial score (nSPS) is 26.2. The Morgan fingerprint density at radius 2 is 1.25 bits per heavy atom. The van der Waals surface area contributed by atoms with Gasteiger partial charge in [-0.1, -0.05) is 110 Å². The minimum atomic E-state index is 0.818. The van der Waals surface area contributed by atoms with Crippen LogP contribution in [0.3, 0.4) is 0 Å². The largest absolute Gasteiger partial charge is 0.492 e. The van der Waals surface area contributed by atoms with Gasteiger partial charge in [0.15, 0.2) is 0 Å². The molecule has 0 atom stereocenters. The smallest absolute Gasteiger partial charge is 0.137 e. The van der Waals surface area contributed by atoms with E-state index in [0.717, 1.165) is 48.9 Å². The van der Waals surface area contributed by atoms with E-state index in [1.54, 1.807) is 0 Å². The van der Waals surface area contributed by atoms with Gasteiger partial charge >= 0.3 is 0 Å². The van der Waals surface area contributed by atoms with Crippen molar-refractivity contribution in [2.75, 3.05) is 6.61 Å². The van der Waals surface area contributed by atoms with E-state index in [1.807, 2.05) is 6.20 Å². The summed E-state index contributed by atoms with van der Waals surface area (Å²) in [7, 11) is 0. The van der Waals surface area contributed by atoms with Crippen LogP contribution >= 0.6 is 0 Å². The molecule has 32 heavy (non-hydrogen) atoms. The number of ether oxygens (including phenoxy) is 1. The second kappa shape index (κ2) is 15.0. The molecule has 1 heterocycles. The molecule has 2 heteroatoms. The molecule has 0 N–H and O–H groups in total. The molecule has 2 nitrogen and oxygen atoms in total. The molecule has 1 aromatic heterocycles. The minimum Gasteiger partial charge on any atom is -0.492 e. The lowest BCUT2D eigenvalue weighted by Gasteiger charge is -2.32. The summed E-state index contributed by atoms with van der Waals surface area (Å²) in [5, 5.41) is 0. The van der Waals surface area contributed by atoms with Crippen molar-refractivity contribution in [1.29, 1.82) is 0 Å². The average Bonchev–Trinajstić information content (AvgIpc) is 2.85. The fourth-order valence-electron chi connectivity index (χ4n) is 6.12. The molecule has 1 aromatic rings. The van der Waals surface area contributed by atoms with Crippen LogP contribution in [-0.2, 0) is 6.42 Å². The number of hydrogen-bond donors (Lipinski definition) is 0. The average molecular weight is 442 g/mol. The Labute approximate surface area is 199 Å². The Balaban J connectivity index is 1.24. The zero-order valence-electron chi connectivity index (χ0n) is 21.3. The van der Waals surface area contributed by atoms with E-state index in [2.05, 4.69) is 31.0 Å². The fourth-order valence-corrected chi connectivity index (χ4v) is 6.12. The van der Waals surface area contributed by atoms with Crippen molar-refractivity contribution < 1.29 is 4.74 Å². The molecule has 0 aromatic carbocycles. The predicted molar refractivity (Wildman–Crippen MR) is 137 cm³/mol. The molecule has 2 aliphatic carbocycles. The monoisotopic (exact) mass is 441 g/mol. The first kappa shape index (κ1) is 25.6. The van der Waals surface area contributed by atoms with Gasteiger partial charge < -0.3 is 4.74 Å². The Morgan fingerprint density at radius 3 is 1.78 bits per heavy atom. The molecule has 2 aliphatic rings. The number of pyridine rings is 1. The van der Waals surface area contributed by atoms with Crippen LogP contribution in [-0.4, -0.2) is 11.6 Å². The van der Waals surface area contributed by atoms with Crippen molar-refractivity contribution in [3.05, 3.63) is 24.0 Å². The molecule has 2 saturated carbocycles. The van der Waals surface area contributed by atoms with Gasteiger partial charge in [0.2, 0.25) is 0 Å². The molecule has 0 saturated heterocycles. The van der Waals surface area contributed by atoms with E-state index < -0.39 is 0 Å². The summed E-state index contributed by atoms with van der Waals surface area (Å²) in [6.45, 7) is 5.38.